The van der Waals surface area contributed by atoms with Crippen LogP contribution in [0.1, 0.15) is 36.5 Å². The molecule has 1 aliphatic carbocycles. The number of nitrogens with one attached hydrogen (secondary N) is 1. The van der Waals surface area contributed by atoms with E-state index in [1.807, 2.05) is 49.5 Å². The van der Waals surface area contributed by atoms with Gasteiger partial charge in [0.2, 0.25) is 17.5 Å². The number of carbonyl (C=O) groups excluding carboxylic acids is 3. The molecule has 1 aromatic heterocycles. The number of piperazine rings is 1. The quantitative estimate of drug-likeness (QED) is 0.410. The van der Waals surface area contributed by atoms with E-state index in [9.17, 15) is 19.5 Å². The summed E-state index contributed by atoms with van der Waals surface area (Å²) in [5.74, 6) is -3.80. The average Bonchev–Trinajstić information content (AvgIpc) is 3.72. The molecule has 5 aliphatic rings. The van der Waals surface area contributed by atoms with E-state index >= 15 is 0 Å². The lowest BCUT2D eigenvalue weighted by Crippen LogP contribution is -2.71. The van der Waals surface area contributed by atoms with Gasteiger partial charge in [-0.2, -0.15) is 0 Å². The fraction of sp³-hybridized carbons (Fsp3) is 0.417. The van der Waals surface area contributed by atoms with Crippen LogP contribution in [0.25, 0.3) is 16.5 Å². The number of rotatable bonds is 6. The summed E-state index contributed by atoms with van der Waals surface area (Å²) in [6.45, 7) is 7.07. The van der Waals surface area contributed by atoms with Gasteiger partial charge in [-0.3, -0.25) is 28.9 Å². The molecular formula is C36H39N5O5. The van der Waals surface area contributed by atoms with Gasteiger partial charge in [-0.05, 0) is 61.6 Å². The molecule has 238 valence electrons. The molecule has 2 N–H and O–H groups in total. The molecular weight excluding hydrogens is 582 g/mol. The van der Waals surface area contributed by atoms with Crippen molar-refractivity contribution in [3.05, 3.63) is 90.1 Å². The third kappa shape index (κ3) is 4.16. The Morgan fingerprint density at radius 1 is 1.17 bits per heavy atom. The van der Waals surface area contributed by atoms with Gasteiger partial charge in [0, 0.05) is 49.2 Å². The number of carbonyl (C=O) groups is 3. The molecule has 6 atom stereocenters. The number of fused-ring (bicyclic) bond motifs is 5. The van der Waals surface area contributed by atoms with E-state index in [1.165, 1.54) is 22.8 Å². The molecule has 3 saturated heterocycles. The molecule has 1 unspecified atom stereocenters. The van der Waals surface area contributed by atoms with Crippen molar-refractivity contribution >= 4 is 34.2 Å². The van der Waals surface area contributed by atoms with Gasteiger partial charge < -0.3 is 19.9 Å². The van der Waals surface area contributed by atoms with Crippen molar-refractivity contribution < 1.29 is 24.2 Å². The summed E-state index contributed by atoms with van der Waals surface area (Å²) in [6.07, 6.45) is 8.40. The van der Waals surface area contributed by atoms with Crippen molar-refractivity contribution in [3.8, 4) is 0 Å². The number of aromatic nitrogens is 1. The molecule has 0 bridgehead atoms. The van der Waals surface area contributed by atoms with Crippen LogP contribution < -0.4 is 5.32 Å². The number of likely N-dealkylation sites (N-methyl/N-ethyl adjacent to an activating group) is 1. The first-order valence-electron chi connectivity index (χ1n) is 16.2. The van der Waals surface area contributed by atoms with E-state index in [-0.39, 0.29) is 24.3 Å². The number of amides is 3. The minimum atomic E-state index is -2.05. The third-order valence-electron chi connectivity index (χ3n) is 10.7. The lowest BCUT2D eigenvalue weighted by molar-refractivity contribution is -0.315. The van der Waals surface area contributed by atoms with E-state index in [4.69, 9.17) is 4.74 Å². The van der Waals surface area contributed by atoms with Gasteiger partial charge >= 0.3 is 0 Å². The van der Waals surface area contributed by atoms with Gasteiger partial charge in [0.25, 0.3) is 11.8 Å². The number of benzene rings is 2. The molecule has 8 rings (SSSR count). The Morgan fingerprint density at radius 2 is 1.98 bits per heavy atom. The van der Waals surface area contributed by atoms with Crippen LogP contribution in [0.3, 0.4) is 0 Å². The van der Waals surface area contributed by atoms with Crippen LogP contribution >= 0.6 is 0 Å². The Labute approximate surface area is 267 Å². The average molecular weight is 622 g/mol. The van der Waals surface area contributed by atoms with Crippen LogP contribution in [0.15, 0.2) is 73.5 Å². The Bertz CT molecular complexity index is 1820. The van der Waals surface area contributed by atoms with Crippen LogP contribution in [0, 0.1) is 5.92 Å². The molecule has 3 aromatic rings. The van der Waals surface area contributed by atoms with Gasteiger partial charge in [-0.1, -0.05) is 54.6 Å². The molecule has 3 fully saturated rings. The monoisotopic (exact) mass is 621 g/mol. The van der Waals surface area contributed by atoms with E-state index in [0.29, 0.717) is 25.9 Å². The lowest BCUT2D eigenvalue weighted by Gasteiger charge is -2.48. The molecule has 0 saturated carbocycles. The normalized spacial score (nSPS) is 31.8. The molecule has 10 heteroatoms. The number of hydrogen-bond donors (Lipinski definition) is 2. The minimum absolute atomic E-state index is 0.120. The van der Waals surface area contributed by atoms with Crippen molar-refractivity contribution in [1.29, 1.82) is 0 Å². The maximum absolute atomic E-state index is 14.3. The molecule has 2 aromatic carbocycles. The molecule has 3 amide bonds. The second-order valence-electron chi connectivity index (χ2n) is 13.5. The number of allylic oxidation sites excluding steroid dienone is 1. The van der Waals surface area contributed by atoms with Crippen molar-refractivity contribution in [2.45, 2.75) is 68.9 Å². The maximum Gasteiger partial charge on any atom is 0.280 e. The van der Waals surface area contributed by atoms with Crippen LogP contribution in [-0.2, 0) is 38.5 Å². The first-order valence-corrected chi connectivity index (χ1v) is 16.2. The fourth-order valence-electron chi connectivity index (χ4n) is 8.59. The number of ether oxygens (including phenoxy) is 1. The van der Waals surface area contributed by atoms with Gasteiger partial charge in [0.05, 0.1) is 5.92 Å². The van der Waals surface area contributed by atoms with Crippen LogP contribution in [0.5, 0.6) is 0 Å². The first-order chi connectivity index (χ1) is 22.1. The summed E-state index contributed by atoms with van der Waals surface area (Å²) >= 11 is 0. The Balaban J connectivity index is 1.11. The highest BCUT2D eigenvalue weighted by Gasteiger charge is 2.70. The smallest absolute Gasteiger partial charge is 0.280 e. The van der Waals surface area contributed by atoms with Crippen molar-refractivity contribution in [2.75, 3.05) is 20.1 Å². The van der Waals surface area contributed by atoms with Crippen LogP contribution in [-0.4, -0.2) is 92.0 Å². The molecule has 4 aliphatic heterocycles. The summed E-state index contributed by atoms with van der Waals surface area (Å²) in [6, 6.07) is 14.2. The highest BCUT2D eigenvalue weighted by atomic mass is 16.7. The summed E-state index contributed by atoms with van der Waals surface area (Å²) < 4.78 is 8.47. The number of nitrogens with zero attached hydrogens (tertiary/aromatic N) is 4. The van der Waals surface area contributed by atoms with E-state index in [1.54, 1.807) is 4.90 Å². The largest absolute Gasteiger partial charge is 0.347 e. The summed E-state index contributed by atoms with van der Waals surface area (Å²) in [4.78, 5) is 47.1. The van der Waals surface area contributed by atoms with E-state index in [2.05, 4.69) is 45.8 Å². The highest BCUT2D eigenvalue weighted by Crippen LogP contribution is 2.46. The predicted molar refractivity (Wildman–Crippen MR) is 172 cm³/mol. The fourth-order valence-corrected chi connectivity index (χ4v) is 8.59. The topological polar surface area (TPSA) is 107 Å². The minimum Gasteiger partial charge on any atom is -0.347 e. The first kappa shape index (κ1) is 29.2. The molecule has 0 spiro atoms. The van der Waals surface area contributed by atoms with Crippen molar-refractivity contribution in [1.82, 2.24) is 24.6 Å². The van der Waals surface area contributed by atoms with Crippen LogP contribution in [0.2, 0.25) is 0 Å². The van der Waals surface area contributed by atoms with E-state index in [0.717, 1.165) is 35.2 Å². The van der Waals surface area contributed by atoms with Crippen molar-refractivity contribution in [2.24, 2.45) is 5.92 Å². The SMILES string of the molecule is C=CCn1cc2c3c(cccc31)C1=C[C@@H](C(=O)N[C@]3(C)O[C@@]4(O)C5CCCN5C(=O)[C@H](Cc5ccccc5)N4C3=O)CN(C)[C@@H]1C2. The zero-order valence-corrected chi connectivity index (χ0v) is 26.2. The number of hydrogen-bond acceptors (Lipinski definition) is 6. The summed E-state index contributed by atoms with van der Waals surface area (Å²) in [5.41, 5.74) is 3.65. The second-order valence-corrected chi connectivity index (χ2v) is 13.5. The van der Waals surface area contributed by atoms with Crippen molar-refractivity contribution in [3.63, 3.8) is 0 Å². The summed E-state index contributed by atoms with van der Waals surface area (Å²) in [7, 11) is 2.03. The van der Waals surface area contributed by atoms with Crippen LogP contribution in [0.4, 0.5) is 0 Å². The maximum atomic E-state index is 14.3. The molecule has 46 heavy (non-hydrogen) atoms. The third-order valence-corrected chi connectivity index (χ3v) is 10.7. The van der Waals surface area contributed by atoms with Gasteiger partial charge in [0.1, 0.15) is 12.1 Å². The second kappa shape index (κ2) is 10.4. The predicted octanol–water partition coefficient (Wildman–Crippen LogP) is 2.65. The Hall–Kier alpha value is -4.25. The zero-order valence-electron chi connectivity index (χ0n) is 26.2. The Kier molecular flexibility index (Phi) is 6.58. The zero-order chi connectivity index (χ0) is 32.0. The Morgan fingerprint density at radius 3 is 2.76 bits per heavy atom. The van der Waals surface area contributed by atoms with E-state index < -0.39 is 35.5 Å². The molecule has 0 radical (unpaired) electrons. The molecule has 10 nitrogen and oxygen atoms in total. The lowest BCUT2D eigenvalue weighted by atomic mass is 9.79. The van der Waals surface area contributed by atoms with Gasteiger partial charge in [-0.25, -0.2) is 0 Å². The standard InChI is InChI=1S/C36H39N5O5/c1-4-15-39-21-23-19-28-26(25-12-8-13-27(39)31(23)25)18-24(20-38(28)3)32(42)37-35(2)34(44)41-29(17-22-10-6-5-7-11-22)33(43)40-16-9-14-30(40)36(41,45)46-35/h4-8,10-13,18,21,24,28-30,45H,1,9,14-17,19-20H2,2-3H3,(H,37,42)/t24-,28-,29+,30?,35-,36+/m1/s1. The highest BCUT2D eigenvalue weighted by molar-refractivity contribution is 6.01. The van der Waals surface area contributed by atoms with Gasteiger partial charge in [-0.15, -0.1) is 6.58 Å². The number of aliphatic hydroxyl groups is 1. The van der Waals surface area contributed by atoms with Gasteiger partial charge in [0.15, 0.2) is 0 Å². The molecule has 5 heterocycles. The summed E-state index contributed by atoms with van der Waals surface area (Å²) in [5, 5.41) is 16.2.